The standard InChI is InChI=1S/C22H35N3/c1-17(2)7-6-8-18(3)11-14-23-22-24-15-12-21-20-10-5-4-9-19(20)13-16-25(21)22/h4-5,9-10,17-18,21H,6-8,11-16H2,1-3H3,(H,23,24)/p+1. The zero-order valence-corrected chi connectivity index (χ0v) is 16.4. The number of guanidine groups is 1. The number of fused-ring (bicyclic) bond motifs is 3. The van der Waals surface area contributed by atoms with E-state index in [1.54, 1.807) is 5.56 Å². The predicted molar refractivity (Wildman–Crippen MR) is 106 cm³/mol. The third kappa shape index (κ3) is 4.77. The molecule has 0 radical (unpaired) electrons. The summed E-state index contributed by atoms with van der Waals surface area (Å²) in [4.78, 5) is 0. The summed E-state index contributed by atoms with van der Waals surface area (Å²) in [5.41, 5.74) is 3.08. The Morgan fingerprint density at radius 3 is 2.84 bits per heavy atom. The van der Waals surface area contributed by atoms with E-state index >= 15 is 0 Å². The van der Waals surface area contributed by atoms with Gasteiger partial charge in [0.1, 0.15) is 6.04 Å². The minimum Gasteiger partial charge on any atom is -0.278 e. The predicted octanol–water partition coefficient (Wildman–Crippen LogP) is 4.09. The molecule has 0 aliphatic carbocycles. The summed E-state index contributed by atoms with van der Waals surface area (Å²) in [6, 6.07) is 9.55. The zero-order chi connectivity index (χ0) is 17.6. The van der Waals surface area contributed by atoms with Gasteiger partial charge in [-0.1, -0.05) is 64.3 Å². The van der Waals surface area contributed by atoms with Crippen molar-refractivity contribution in [1.82, 2.24) is 10.6 Å². The molecule has 0 fully saturated rings. The van der Waals surface area contributed by atoms with Crippen LogP contribution in [0.1, 0.15) is 70.0 Å². The molecule has 25 heavy (non-hydrogen) atoms. The quantitative estimate of drug-likeness (QED) is 0.730. The van der Waals surface area contributed by atoms with E-state index in [2.05, 4.69) is 60.2 Å². The van der Waals surface area contributed by atoms with Crippen molar-refractivity contribution in [3.05, 3.63) is 35.4 Å². The molecule has 0 spiro atoms. The monoisotopic (exact) mass is 342 g/mol. The van der Waals surface area contributed by atoms with Crippen LogP contribution in [0.5, 0.6) is 0 Å². The Bertz CT molecular complexity index is 591. The lowest BCUT2D eigenvalue weighted by Gasteiger charge is -2.32. The third-order valence-corrected chi connectivity index (χ3v) is 5.82. The molecule has 3 rings (SSSR count). The molecule has 3 heteroatoms. The van der Waals surface area contributed by atoms with Gasteiger partial charge in [-0.15, -0.1) is 0 Å². The number of nitrogens with zero attached hydrogens (tertiary/aromatic N) is 1. The zero-order valence-electron chi connectivity index (χ0n) is 16.4. The van der Waals surface area contributed by atoms with Crippen LogP contribution in [0.25, 0.3) is 0 Å². The second kappa shape index (κ2) is 8.73. The van der Waals surface area contributed by atoms with E-state index in [1.165, 1.54) is 43.6 Å². The fraction of sp³-hybridized carbons (Fsp3) is 0.682. The van der Waals surface area contributed by atoms with E-state index < -0.39 is 0 Å². The van der Waals surface area contributed by atoms with Crippen molar-refractivity contribution in [3.8, 4) is 0 Å². The molecule has 2 aliphatic rings. The van der Waals surface area contributed by atoms with Crippen LogP contribution in [0.15, 0.2) is 24.3 Å². The van der Waals surface area contributed by atoms with Crippen LogP contribution in [-0.2, 0) is 6.42 Å². The van der Waals surface area contributed by atoms with Crippen molar-refractivity contribution in [1.29, 1.82) is 0 Å². The molecule has 1 aromatic carbocycles. The highest BCUT2D eigenvalue weighted by Crippen LogP contribution is 2.30. The van der Waals surface area contributed by atoms with Gasteiger partial charge in [0.05, 0.1) is 19.6 Å². The fourth-order valence-electron chi connectivity index (χ4n) is 4.28. The maximum Gasteiger partial charge on any atom is 0.346 e. The first-order valence-corrected chi connectivity index (χ1v) is 10.3. The highest BCUT2D eigenvalue weighted by Gasteiger charge is 2.32. The maximum absolute atomic E-state index is 3.71. The first kappa shape index (κ1) is 18.3. The Hall–Kier alpha value is -1.51. The van der Waals surface area contributed by atoms with E-state index in [0.29, 0.717) is 6.04 Å². The van der Waals surface area contributed by atoms with Gasteiger partial charge in [-0.3, -0.25) is 15.2 Å². The molecule has 138 valence electrons. The number of rotatable bonds is 7. The Morgan fingerprint density at radius 1 is 1.16 bits per heavy atom. The van der Waals surface area contributed by atoms with Crippen LogP contribution in [0.4, 0.5) is 0 Å². The molecule has 0 bridgehead atoms. The summed E-state index contributed by atoms with van der Waals surface area (Å²) < 4.78 is 2.56. The van der Waals surface area contributed by atoms with Gasteiger partial charge in [0.15, 0.2) is 0 Å². The number of hydrogen-bond acceptors (Lipinski definition) is 2. The van der Waals surface area contributed by atoms with Crippen LogP contribution in [-0.4, -0.2) is 30.2 Å². The van der Waals surface area contributed by atoms with Gasteiger partial charge < -0.3 is 0 Å². The molecule has 2 N–H and O–H groups in total. The van der Waals surface area contributed by atoms with Gasteiger partial charge in [-0.2, -0.15) is 0 Å². The lowest BCUT2D eigenvalue weighted by atomic mass is 9.91. The second-order valence-electron chi connectivity index (χ2n) is 8.37. The first-order valence-electron chi connectivity index (χ1n) is 10.3. The molecule has 0 aromatic heterocycles. The largest absolute Gasteiger partial charge is 0.346 e. The van der Waals surface area contributed by atoms with Crippen molar-refractivity contribution in [2.24, 2.45) is 11.8 Å². The maximum atomic E-state index is 3.71. The minimum atomic E-state index is 0.553. The molecule has 1 aromatic rings. The third-order valence-electron chi connectivity index (χ3n) is 5.82. The normalized spacial score (nSPS) is 20.7. The molecule has 0 saturated carbocycles. The molecule has 0 saturated heterocycles. The van der Waals surface area contributed by atoms with Gasteiger partial charge in [0.25, 0.3) is 0 Å². The van der Waals surface area contributed by atoms with Crippen LogP contribution >= 0.6 is 0 Å². The number of benzene rings is 1. The van der Waals surface area contributed by atoms with Crippen molar-refractivity contribution in [2.45, 2.75) is 65.3 Å². The molecule has 2 atom stereocenters. The van der Waals surface area contributed by atoms with Gasteiger partial charge in [-0.05, 0) is 29.4 Å². The second-order valence-corrected chi connectivity index (χ2v) is 8.37. The van der Waals surface area contributed by atoms with E-state index in [9.17, 15) is 0 Å². The Labute approximate surface area is 153 Å². The lowest BCUT2D eigenvalue weighted by Crippen LogP contribution is -2.52. The van der Waals surface area contributed by atoms with Crippen LogP contribution in [0.2, 0.25) is 0 Å². The van der Waals surface area contributed by atoms with Gasteiger partial charge in [0, 0.05) is 12.8 Å². The summed E-state index contributed by atoms with van der Waals surface area (Å²) in [5, 5.41) is 7.33. The Kier molecular flexibility index (Phi) is 6.39. The van der Waals surface area contributed by atoms with Gasteiger partial charge >= 0.3 is 5.96 Å². The van der Waals surface area contributed by atoms with E-state index in [4.69, 9.17) is 0 Å². The van der Waals surface area contributed by atoms with Crippen LogP contribution in [0.3, 0.4) is 0 Å². The summed E-state index contributed by atoms with van der Waals surface area (Å²) in [6.07, 6.45) is 7.73. The fourth-order valence-corrected chi connectivity index (χ4v) is 4.28. The molecule has 0 amide bonds. The number of nitrogens with one attached hydrogen (secondary N) is 2. The van der Waals surface area contributed by atoms with Crippen molar-refractivity contribution >= 4 is 5.96 Å². The van der Waals surface area contributed by atoms with E-state index in [1.807, 2.05) is 0 Å². The van der Waals surface area contributed by atoms with Crippen molar-refractivity contribution in [2.75, 3.05) is 19.6 Å². The molecular formula is C22H36N3+. The van der Waals surface area contributed by atoms with Crippen LogP contribution < -0.4 is 10.6 Å². The summed E-state index contributed by atoms with van der Waals surface area (Å²) in [6.45, 7) is 10.3. The van der Waals surface area contributed by atoms with Gasteiger partial charge in [-0.25, -0.2) is 0 Å². The van der Waals surface area contributed by atoms with Crippen molar-refractivity contribution in [3.63, 3.8) is 0 Å². The molecule has 3 nitrogen and oxygen atoms in total. The molecule has 2 unspecified atom stereocenters. The molecule has 2 aliphatic heterocycles. The summed E-state index contributed by atoms with van der Waals surface area (Å²) in [7, 11) is 0. The van der Waals surface area contributed by atoms with E-state index in [-0.39, 0.29) is 0 Å². The Morgan fingerprint density at radius 2 is 2.00 bits per heavy atom. The summed E-state index contributed by atoms with van der Waals surface area (Å²) in [5.74, 6) is 2.92. The van der Waals surface area contributed by atoms with E-state index in [0.717, 1.165) is 37.9 Å². The minimum absolute atomic E-state index is 0.553. The molecular weight excluding hydrogens is 306 g/mol. The summed E-state index contributed by atoms with van der Waals surface area (Å²) >= 11 is 0. The highest BCUT2D eigenvalue weighted by molar-refractivity contribution is 5.75. The SMILES string of the molecule is CC(C)CCCC(C)CCNC1=[N+]2CCc3ccccc3C2CCN1. The molecule has 2 heterocycles. The Balaban J connectivity index is 1.53. The lowest BCUT2D eigenvalue weighted by molar-refractivity contribution is -0.584. The smallest absolute Gasteiger partial charge is 0.278 e. The highest BCUT2D eigenvalue weighted by atomic mass is 15.3. The number of hydrogen-bond donors (Lipinski definition) is 2. The first-order chi connectivity index (χ1) is 12.1. The average molecular weight is 343 g/mol. The van der Waals surface area contributed by atoms with Gasteiger partial charge in [0.2, 0.25) is 0 Å². The van der Waals surface area contributed by atoms with Crippen LogP contribution in [0, 0.1) is 11.8 Å². The van der Waals surface area contributed by atoms with Crippen molar-refractivity contribution < 1.29 is 4.58 Å². The topological polar surface area (TPSA) is 27.1 Å². The average Bonchev–Trinajstić information content (AvgIpc) is 2.61.